The van der Waals surface area contributed by atoms with Gasteiger partial charge < -0.3 is 20.3 Å². The summed E-state index contributed by atoms with van der Waals surface area (Å²) in [6.45, 7) is 0.122. The highest BCUT2D eigenvalue weighted by atomic mass is 35.5. The quantitative estimate of drug-likeness (QED) is 0.414. The lowest BCUT2D eigenvalue weighted by atomic mass is 10.0. The van der Waals surface area contributed by atoms with Gasteiger partial charge in [-0.3, -0.25) is 14.3 Å². The molecule has 0 bridgehead atoms. The Hall–Kier alpha value is -3.85. The van der Waals surface area contributed by atoms with E-state index < -0.39 is 23.9 Å². The van der Waals surface area contributed by atoms with Gasteiger partial charge >= 0.3 is 11.9 Å². The van der Waals surface area contributed by atoms with Crippen LogP contribution in [-0.4, -0.2) is 51.0 Å². The van der Waals surface area contributed by atoms with Crippen molar-refractivity contribution >= 4 is 29.4 Å². The van der Waals surface area contributed by atoms with Gasteiger partial charge in [0.15, 0.2) is 5.69 Å². The van der Waals surface area contributed by atoms with E-state index in [0.29, 0.717) is 16.3 Å². The summed E-state index contributed by atoms with van der Waals surface area (Å²) in [5.41, 5.74) is 1.14. The molecule has 9 nitrogen and oxygen atoms in total. The number of hydrogen-bond acceptors (Lipinski definition) is 5. The highest BCUT2D eigenvalue weighted by Crippen LogP contribution is 2.18. The molecule has 1 atom stereocenters. The predicted octanol–water partition coefficient (Wildman–Crippen LogP) is 3.11. The van der Waals surface area contributed by atoms with Gasteiger partial charge in [-0.1, -0.05) is 41.9 Å². The molecule has 0 aliphatic rings. The molecule has 1 unspecified atom stereocenters. The van der Waals surface area contributed by atoms with Gasteiger partial charge in [-0.2, -0.15) is 5.10 Å². The minimum absolute atomic E-state index is 0.122. The number of carboxylic acids is 2. The van der Waals surface area contributed by atoms with Crippen LogP contribution in [0.25, 0.3) is 0 Å². The van der Waals surface area contributed by atoms with Gasteiger partial charge in [-0.05, 0) is 35.7 Å². The molecule has 0 aliphatic heterocycles. The number of carbonyl (C=O) groups excluding carboxylic acids is 1. The molecule has 172 valence electrons. The van der Waals surface area contributed by atoms with Crippen molar-refractivity contribution in [2.45, 2.75) is 25.4 Å². The molecule has 1 aromatic heterocycles. The van der Waals surface area contributed by atoms with E-state index in [2.05, 4.69) is 10.4 Å². The van der Waals surface area contributed by atoms with Gasteiger partial charge in [0.2, 0.25) is 0 Å². The Morgan fingerprint density at radius 3 is 2.42 bits per heavy atom. The highest BCUT2D eigenvalue weighted by molar-refractivity contribution is 6.31. The molecule has 2 aromatic carbocycles. The lowest BCUT2D eigenvalue weighted by Crippen LogP contribution is -2.38. The van der Waals surface area contributed by atoms with Crippen molar-refractivity contribution in [3.05, 3.63) is 82.1 Å². The van der Waals surface area contributed by atoms with E-state index >= 15 is 0 Å². The van der Waals surface area contributed by atoms with Crippen LogP contribution < -0.4 is 10.1 Å². The van der Waals surface area contributed by atoms with Crippen LogP contribution in [0.4, 0.5) is 0 Å². The van der Waals surface area contributed by atoms with Gasteiger partial charge in [0, 0.05) is 17.1 Å². The Kier molecular flexibility index (Phi) is 7.68. The zero-order chi connectivity index (χ0) is 24.0. The molecule has 3 rings (SSSR count). The summed E-state index contributed by atoms with van der Waals surface area (Å²) < 4.78 is 6.32. The van der Waals surface area contributed by atoms with Crippen molar-refractivity contribution < 1.29 is 29.3 Å². The zero-order valence-corrected chi connectivity index (χ0v) is 18.5. The Morgan fingerprint density at radius 2 is 1.82 bits per heavy atom. The number of amides is 1. The number of aromatic nitrogens is 2. The first-order chi connectivity index (χ1) is 15.8. The van der Waals surface area contributed by atoms with Crippen LogP contribution in [-0.2, 0) is 17.8 Å². The van der Waals surface area contributed by atoms with Crippen molar-refractivity contribution in [3.63, 3.8) is 0 Å². The van der Waals surface area contributed by atoms with Crippen LogP contribution in [0, 0.1) is 0 Å². The number of halogens is 1. The number of nitrogens with zero attached hydrogens (tertiary/aromatic N) is 2. The minimum atomic E-state index is -1.24. The molecule has 0 saturated carbocycles. The molecule has 0 fully saturated rings. The highest BCUT2D eigenvalue weighted by Gasteiger charge is 2.23. The van der Waals surface area contributed by atoms with Crippen LogP contribution in [0.15, 0.2) is 54.6 Å². The number of aromatic carboxylic acids is 1. The Bertz CT molecular complexity index is 1160. The molecule has 0 spiro atoms. The Morgan fingerprint density at radius 1 is 1.12 bits per heavy atom. The summed E-state index contributed by atoms with van der Waals surface area (Å²) in [7, 11) is 1.54. The van der Waals surface area contributed by atoms with Crippen molar-refractivity contribution in [2.75, 3.05) is 7.11 Å². The molecular formula is C23H22ClN3O6. The van der Waals surface area contributed by atoms with E-state index in [1.165, 1.54) is 4.68 Å². The summed E-state index contributed by atoms with van der Waals surface area (Å²) in [5.74, 6) is -2.36. The van der Waals surface area contributed by atoms with E-state index in [0.717, 1.165) is 11.6 Å². The van der Waals surface area contributed by atoms with Crippen LogP contribution in [0.2, 0.25) is 5.02 Å². The molecule has 1 amide bonds. The first-order valence-electron chi connectivity index (χ1n) is 9.97. The number of carbonyl (C=O) groups is 3. The minimum Gasteiger partial charge on any atom is -0.497 e. The second kappa shape index (κ2) is 10.6. The fraction of sp³-hybridized carbons (Fsp3) is 0.217. The number of nitrogens with one attached hydrogen (secondary N) is 1. The van der Waals surface area contributed by atoms with E-state index in [-0.39, 0.29) is 30.8 Å². The van der Waals surface area contributed by atoms with Crippen molar-refractivity contribution in [1.29, 1.82) is 0 Å². The number of methoxy groups -OCH3 is 1. The van der Waals surface area contributed by atoms with Crippen LogP contribution in [0.1, 0.15) is 38.5 Å². The second-order valence-electron chi connectivity index (χ2n) is 7.29. The standard InChI is InChI=1S/C23H22ClN3O6/c1-33-17-8-6-14(7-9-17)13-27-20(23(31)32)12-19(26-27)22(30)25-16(11-21(28)29)10-15-4-2-3-5-18(15)24/h2-9,12,16H,10-11,13H2,1H3,(H,25,30)(H,28,29)(H,31,32). The number of rotatable bonds is 10. The Labute approximate surface area is 194 Å². The molecule has 0 aliphatic carbocycles. The first-order valence-corrected chi connectivity index (χ1v) is 10.3. The number of aliphatic carboxylic acids is 1. The smallest absolute Gasteiger partial charge is 0.354 e. The fourth-order valence-electron chi connectivity index (χ4n) is 3.30. The van der Waals surface area contributed by atoms with Crippen LogP contribution in [0.3, 0.4) is 0 Å². The monoisotopic (exact) mass is 471 g/mol. The number of benzene rings is 2. The third-order valence-electron chi connectivity index (χ3n) is 4.90. The van der Waals surface area contributed by atoms with Crippen molar-refractivity contribution in [1.82, 2.24) is 15.1 Å². The van der Waals surface area contributed by atoms with Crippen molar-refractivity contribution in [2.24, 2.45) is 0 Å². The molecule has 0 radical (unpaired) electrons. The van der Waals surface area contributed by atoms with Gasteiger partial charge in [-0.15, -0.1) is 0 Å². The summed E-state index contributed by atoms with van der Waals surface area (Å²) in [6.07, 6.45) is -0.147. The van der Waals surface area contributed by atoms with Gasteiger partial charge in [0.25, 0.3) is 5.91 Å². The first kappa shape index (κ1) is 23.8. The van der Waals surface area contributed by atoms with Crippen LogP contribution in [0.5, 0.6) is 5.75 Å². The molecule has 0 saturated heterocycles. The van der Waals surface area contributed by atoms with Crippen molar-refractivity contribution in [3.8, 4) is 5.75 Å². The molecule has 3 N–H and O–H groups in total. The second-order valence-corrected chi connectivity index (χ2v) is 7.70. The van der Waals surface area contributed by atoms with Gasteiger partial charge in [0.1, 0.15) is 11.4 Å². The summed E-state index contributed by atoms with van der Waals surface area (Å²) in [6, 6.07) is 14.3. The third kappa shape index (κ3) is 6.33. The maximum atomic E-state index is 12.8. The van der Waals surface area contributed by atoms with Crippen LogP contribution >= 0.6 is 11.6 Å². The predicted molar refractivity (Wildman–Crippen MR) is 120 cm³/mol. The molecular weight excluding hydrogens is 450 g/mol. The molecule has 3 aromatic rings. The lowest BCUT2D eigenvalue weighted by molar-refractivity contribution is -0.137. The topological polar surface area (TPSA) is 131 Å². The maximum absolute atomic E-state index is 12.8. The van der Waals surface area contributed by atoms with E-state index in [1.807, 2.05) is 0 Å². The SMILES string of the molecule is COc1ccc(Cn2nc(C(=O)NC(CC(=O)O)Cc3ccccc3Cl)cc2C(=O)O)cc1. The summed E-state index contributed by atoms with van der Waals surface area (Å²) in [5, 5.41) is 26.0. The third-order valence-corrected chi connectivity index (χ3v) is 5.27. The molecule has 1 heterocycles. The van der Waals surface area contributed by atoms with Gasteiger partial charge in [0.05, 0.1) is 20.1 Å². The molecule has 33 heavy (non-hydrogen) atoms. The van der Waals surface area contributed by atoms with Gasteiger partial charge in [-0.25, -0.2) is 4.79 Å². The number of ether oxygens (including phenoxy) is 1. The number of hydrogen-bond donors (Lipinski definition) is 3. The van der Waals surface area contributed by atoms with E-state index in [1.54, 1.807) is 55.6 Å². The lowest BCUT2D eigenvalue weighted by Gasteiger charge is -2.17. The average molecular weight is 472 g/mol. The van der Waals surface area contributed by atoms with E-state index in [4.69, 9.17) is 16.3 Å². The zero-order valence-electron chi connectivity index (χ0n) is 17.7. The summed E-state index contributed by atoms with van der Waals surface area (Å²) in [4.78, 5) is 35.8. The largest absolute Gasteiger partial charge is 0.497 e. The maximum Gasteiger partial charge on any atom is 0.354 e. The number of carboxylic acid groups (broad SMARTS) is 2. The fourth-order valence-corrected chi connectivity index (χ4v) is 3.51. The summed E-state index contributed by atoms with van der Waals surface area (Å²) >= 11 is 6.16. The molecule has 10 heteroatoms. The average Bonchev–Trinajstić information content (AvgIpc) is 3.20. The normalized spacial score (nSPS) is 11.6. The van der Waals surface area contributed by atoms with E-state index in [9.17, 15) is 24.6 Å². The Balaban J connectivity index is 1.80.